The molecule has 1 saturated carbocycles. The summed E-state index contributed by atoms with van der Waals surface area (Å²) in [6.07, 6.45) is 4.02. The van der Waals surface area contributed by atoms with Crippen molar-refractivity contribution in [3.63, 3.8) is 0 Å². The smallest absolute Gasteiger partial charge is 0.0344 e. The molecule has 2 heteroatoms. The molecule has 106 valence electrons. The maximum Gasteiger partial charge on any atom is 0.0344 e. The number of rotatable bonds is 6. The largest absolute Gasteiger partial charge is 0.308 e. The van der Waals surface area contributed by atoms with Crippen molar-refractivity contribution in [3.8, 4) is 0 Å². The lowest BCUT2D eigenvalue weighted by atomic mass is 9.75. The van der Waals surface area contributed by atoms with E-state index >= 15 is 0 Å². The van der Waals surface area contributed by atoms with Crippen molar-refractivity contribution in [1.82, 2.24) is 10.2 Å². The van der Waals surface area contributed by atoms with E-state index in [-0.39, 0.29) is 0 Å². The summed E-state index contributed by atoms with van der Waals surface area (Å²) in [5.74, 6) is 0.613. The molecule has 1 N–H and O–H groups in total. The van der Waals surface area contributed by atoms with Crippen LogP contribution in [0.4, 0.5) is 0 Å². The van der Waals surface area contributed by atoms with Gasteiger partial charge in [0.25, 0.3) is 0 Å². The van der Waals surface area contributed by atoms with Gasteiger partial charge in [-0.25, -0.2) is 0 Å². The molecule has 2 rings (SSSR count). The van der Waals surface area contributed by atoms with Crippen molar-refractivity contribution >= 4 is 0 Å². The van der Waals surface area contributed by atoms with Gasteiger partial charge in [0.1, 0.15) is 0 Å². The summed E-state index contributed by atoms with van der Waals surface area (Å²) in [4.78, 5) is 2.41. The SMILES string of the molecule is CC(C)C(NCC1(N(C)C)CCC1)c1ccccc1. The number of likely N-dealkylation sites (N-methyl/N-ethyl adjacent to an activating group) is 1. The first-order valence-electron chi connectivity index (χ1n) is 7.51. The molecular formula is C17H28N2. The fourth-order valence-electron chi connectivity index (χ4n) is 3.07. The Labute approximate surface area is 118 Å². The minimum atomic E-state index is 0.391. The van der Waals surface area contributed by atoms with Gasteiger partial charge in [-0.15, -0.1) is 0 Å². The van der Waals surface area contributed by atoms with E-state index in [9.17, 15) is 0 Å². The van der Waals surface area contributed by atoms with E-state index < -0.39 is 0 Å². The van der Waals surface area contributed by atoms with Crippen molar-refractivity contribution in [3.05, 3.63) is 35.9 Å². The van der Waals surface area contributed by atoms with Gasteiger partial charge in [0.05, 0.1) is 0 Å². The summed E-state index contributed by atoms with van der Waals surface area (Å²) >= 11 is 0. The maximum atomic E-state index is 3.82. The normalized spacial score (nSPS) is 19.5. The minimum absolute atomic E-state index is 0.391. The molecule has 0 aliphatic heterocycles. The first-order chi connectivity index (χ1) is 9.05. The van der Waals surface area contributed by atoms with Crippen LogP contribution in [0.5, 0.6) is 0 Å². The molecule has 0 spiro atoms. The Morgan fingerprint density at radius 1 is 1.16 bits per heavy atom. The van der Waals surface area contributed by atoms with Crippen LogP contribution in [0.15, 0.2) is 30.3 Å². The highest BCUT2D eigenvalue weighted by Gasteiger charge is 2.39. The predicted octanol–water partition coefficient (Wildman–Crippen LogP) is 3.46. The molecule has 1 aromatic rings. The average Bonchev–Trinajstić information content (AvgIpc) is 2.32. The van der Waals surface area contributed by atoms with Gasteiger partial charge in [-0.2, -0.15) is 0 Å². The van der Waals surface area contributed by atoms with Crippen LogP contribution >= 0.6 is 0 Å². The second-order valence-electron chi connectivity index (χ2n) is 6.49. The van der Waals surface area contributed by atoms with Crippen LogP contribution in [0.3, 0.4) is 0 Å². The van der Waals surface area contributed by atoms with Crippen LogP contribution in [-0.4, -0.2) is 31.1 Å². The van der Waals surface area contributed by atoms with Crippen LogP contribution in [0.2, 0.25) is 0 Å². The molecule has 1 aromatic carbocycles. The molecule has 1 fully saturated rings. The van der Waals surface area contributed by atoms with Crippen LogP contribution in [0, 0.1) is 5.92 Å². The van der Waals surface area contributed by atoms with E-state index in [4.69, 9.17) is 0 Å². The van der Waals surface area contributed by atoms with Crippen LogP contribution in [0.1, 0.15) is 44.7 Å². The van der Waals surface area contributed by atoms with E-state index in [1.54, 1.807) is 0 Å². The second kappa shape index (κ2) is 6.06. The monoisotopic (exact) mass is 260 g/mol. The van der Waals surface area contributed by atoms with Gasteiger partial charge >= 0.3 is 0 Å². The highest BCUT2D eigenvalue weighted by atomic mass is 15.2. The van der Waals surface area contributed by atoms with Crippen molar-refractivity contribution in [2.75, 3.05) is 20.6 Å². The van der Waals surface area contributed by atoms with E-state index in [2.05, 4.69) is 68.5 Å². The molecule has 1 atom stereocenters. The van der Waals surface area contributed by atoms with Gasteiger partial charge in [0.2, 0.25) is 0 Å². The first kappa shape index (κ1) is 14.5. The highest BCUT2D eigenvalue weighted by molar-refractivity contribution is 5.19. The summed E-state index contributed by atoms with van der Waals surface area (Å²) < 4.78 is 0. The van der Waals surface area contributed by atoms with E-state index in [0.29, 0.717) is 17.5 Å². The zero-order chi connectivity index (χ0) is 13.9. The van der Waals surface area contributed by atoms with E-state index in [1.807, 2.05) is 0 Å². The maximum absolute atomic E-state index is 3.82. The minimum Gasteiger partial charge on any atom is -0.308 e. The lowest BCUT2D eigenvalue weighted by molar-refractivity contribution is 0.0552. The van der Waals surface area contributed by atoms with E-state index in [1.165, 1.54) is 24.8 Å². The quantitative estimate of drug-likeness (QED) is 0.842. The third-order valence-electron chi connectivity index (χ3n) is 4.71. The first-order valence-corrected chi connectivity index (χ1v) is 7.51. The molecule has 0 amide bonds. The van der Waals surface area contributed by atoms with Crippen molar-refractivity contribution in [2.24, 2.45) is 5.92 Å². The lowest BCUT2D eigenvalue weighted by Crippen LogP contribution is -2.57. The number of nitrogens with zero attached hydrogens (tertiary/aromatic N) is 1. The van der Waals surface area contributed by atoms with Gasteiger partial charge in [-0.05, 0) is 44.8 Å². The topological polar surface area (TPSA) is 15.3 Å². The van der Waals surface area contributed by atoms with Gasteiger partial charge in [0, 0.05) is 18.1 Å². The molecule has 2 nitrogen and oxygen atoms in total. The third-order valence-corrected chi connectivity index (χ3v) is 4.71. The van der Waals surface area contributed by atoms with Crippen LogP contribution in [0.25, 0.3) is 0 Å². The summed E-state index contributed by atoms with van der Waals surface area (Å²) in [6, 6.07) is 11.3. The molecule has 0 bridgehead atoms. The van der Waals surface area contributed by atoms with Gasteiger partial charge < -0.3 is 10.2 Å². The number of hydrogen-bond donors (Lipinski definition) is 1. The summed E-state index contributed by atoms with van der Waals surface area (Å²) in [7, 11) is 4.43. The highest BCUT2D eigenvalue weighted by Crippen LogP contribution is 2.36. The molecule has 0 radical (unpaired) electrons. The molecule has 0 heterocycles. The average molecular weight is 260 g/mol. The zero-order valence-electron chi connectivity index (χ0n) is 12.8. The van der Waals surface area contributed by atoms with Crippen molar-refractivity contribution in [2.45, 2.75) is 44.7 Å². The Morgan fingerprint density at radius 2 is 1.79 bits per heavy atom. The number of benzene rings is 1. The fourth-order valence-corrected chi connectivity index (χ4v) is 3.07. The summed E-state index contributed by atoms with van der Waals surface area (Å²) in [5.41, 5.74) is 1.80. The molecular weight excluding hydrogens is 232 g/mol. The second-order valence-corrected chi connectivity index (χ2v) is 6.49. The fraction of sp³-hybridized carbons (Fsp3) is 0.647. The van der Waals surface area contributed by atoms with Crippen molar-refractivity contribution in [1.29, 1.82) is 0 Å². The van der Waals surface area contributed by atoms with Gasteiger partial charge in [-0.1, -0.05) is 44.2 Å². The van der Waals surface area contributed by atoms with Crippen LogP contribution in [-0.2, 0) is 0 Å². The summed E-state index contributed by atoms with van der Waals surface area (Å²) in [6.45, 7) is 5.69. The third kappa shape index (κ3) is 3.18. The summed E-state index contributed by atoms with van der Waals surface area (Å²) in [5, 5.41) is 3.82. The Kier molecular flexibility index (Phi) is 4.64. The van der Waals surface area contributed by atoms with Crippen LogP contribution < -0.4 is 5.32 Å². The molecule has 0 aromatic heterocycles. The molecule has 1 aliphatic rings. The Hall–Kier alpha value is -0.860. The standard InChI is InChI=1S/C17H28N2/c1-14(2)16(15-9-6-5-7-10-15)18-13-17(19(3)4)11-8-12-17/h5-7,9-10,14,16,18H,8,11-13H2,1-4H3. The predicted molar refractivity (Wildman–Crippen MR) is 82.3 cm³/mol. The molecule has 1 aliphatic carbocycles. The molecule has 1 unspecified atom stereocenters. The lowest BCUT2D eigenvalue weighted by Gasteiger charge is -2.48. The Bertz CT molecular complexity index is 380. The molecule has 0 saturated heterocycles. The number of nitrogens with one attached hydrogen (secondary N) is 1. The van der Waals surface area contributed by atoms with Crippen molar-refractivity contribution < 1.29 is 0 Å². The zero-order valence-corrected chi connectivity index (χ0v) is 12.8. The molecule has 19 heavy (non-hydrogen) atoms. The van der Waals surface area contributed by atoms with Gasteiger partial charge in [-0.3, -0.25) is 0 Å². The Balaban J connectivity index is 2.02. The van der Waals surface area contributed by atoms with E-state index in [0.717, 1.165) is 6.54 Å². The Morgan fingerprint density at radius 3 is 2.21 bits per heavy atom. The van der Waals surface area contributed by atoms with Gasteiger partial charge in [0.15, 0.2) is 0 Å². The number of hydrogen-bond acceptors (Lipinski definition) is 2.